The van der Waals surface area contributed by atoms with Gasteiger partial charge in [0.05, 0.1) is 0 Å². The van der Waals surface area contributed by atoms with Crippen molar-refractivity contribution in [3.05, 3.63) is 11.6 Å². The summed E-state index contributed by atoms with van der Waals surface area (Å²) in [6, 6.07) is 0. The number of hydrogen-bond donors (Lipinski definition) is 0. The van der Waals surface area contributed by atoms with E-state index in [1.54, 1.807) is 5.57 Å². The molecule has 0 N–H and O–H groups in total. The van der Waals surface area contributed by atoms with Gasteiger partial charge in [-0.1, -0.05) is 75.3 Å². The molecule has 4 rings (SSSR count). The van der Waals surface area contributed by atoms with Gasteiger partial charge in [0, 0.05) is 10.3 Å². The smallest absolute Gasteiger partial charge is 0.0416 e. The molecule has 0 spiro atoms. The van der Waals surface area contributed by atoms with Crippen LogP contribution >= 0.6 is 15.2 Å². The summed E-state index contributed by atoms with van der Waals surface area (Å²) in [5.41, 5.74) is 4.20. The molecular weight excluding hydrogens is 254 g/mol. The molecule has 0 amide bonds. The fourth-order valence-corrected chi connectivity index (χ4v) is 20.7. The predicted octanol–water partition coefficient (Wildman–Crippen LogP) is 6.02. The second-order valence-electron chi connectivity index (χ2n) is 8.89. The molecule has 0 aromatic carbocycles. The molecule has 0 radical (unpaired) electrons. The van der Waals surface area contributed by atoms with Gasteiger partial charge in [-0.2, -0.15) is 0 Å². The van der Waals surface area contributed by atoms with E-state index in [0.717, 1.165) is 5.66 Å². The molecule has 4 aliphatic heterocycles. The van der Waals surface area contributed by atoms with Gasteiger partial charge in [0.2, 0.25) is 0 Å². The van der Waals surface area contributed by atoms with Crippen LogP contribution in [0.1, 0.15) is 55.4 Å². The van der Waals surface area contributed by atoms with Crippen molar-refractivity contribution in [1.29, 1.82) is 0 Å². The number of allylic oxidation sites excluding steroid dienone is 2. The van der Waals surface area contributed by atoms with Crippen molar-refractivity contribution >= 4 is 15.2 Å². The van der Waals surface area contributed by atoms with Gasteiger partial charge in [0.25, 0.3) is 0 Å². The van der Waals surface area contributed by atoms with Crippen molar-refractivity contribution in [3.8, 4) is 0 Å². The van der Waals surface area contributed by atoms with E-state index in [9.17, 15) is 0 Å². The Kier molecular flexibility index (Phi) is 2.46. The van der Waals surface area contributed by atoms with Crippen LogP contribution < -0.4 is 0 Å². The molecule has 0 aliphatic carbocycles. The molecule has 0 aromatic rings. The van der Waals surface area contributed by atoms with Gasteiger partial charge in [0.1, 0.15) is 0 Å². The first-order chi connectivity index (χ1) is 7.96. The minimum Gasteiger partial charge on any atom is -0.0691 e. The monoisotopic (exact) mass is 282 g/mol. The Balaban J connectivity index is 2.15. The van der Waals surface area contributed by atoms with Crippen LogP contribution in [0.3, 0.4) is 0 Å². The van der Waals surface area contributed by atoms with E-state index < -0.39 is 0 Å². The molecule has 102 valence electrons. The third kappa shape index (κ3) is 1.31. The SMILES string of the molecule is CC1=CC2(C(C)(C)C)P3CC1(C)C(C(C)(C)C)P32. The average Bonchev–Trinajstić information content (AvgIpc) is 2.65. The molecule has 2 heteroatoms. The van der Waals surface area contributed by atoms with Crippen LogP contribution in [0.25, 0.3) is 0 Å². The van der Waals surface area contributed by atoms with Crippen LogP contribution in [0.5, 0.6) is 0 Å². The zero-order chi connectivity index (χ0) is 13.7. The number of hydrogen-bond acceptors (Lipinski definition) is 0. The fourth-order valence-electron chi connectivity index (χ4n) is 4.71. The zero-order valence-corrected chi connectivity index (χ0v) is 15.0. The van der Waals surface area contributed by atoms with Crippen LogP contribution in [-0.2, 0) is 0 Å². The molecule has 4 bridgehead atoms. The third-order valence-electron chi connectivity index (χ3n) is 5.53. The molecule has 4 aliphatic rings. The molecule has 0 aromatic heterocycles. The molecule has 5 atom stereocenters. The standard InChI is InChI=1S/C16H28P2/c1-11-9-16(14(5,6)7)17-10-15(11,8)12(18(16)17)13(2,3)4/h9,12H,10H2,1-8H3. The summed E-state index contributed by atoms with van der Waals surface area (Å²) in [7, 11) is 0.602. The van der Waals surface area contributed by atoms with Crippen LogP contribution in [0.4, 0.5) is 0 Å². The van der Waals surface area contributed by atoms with Gasteiger partial charge < -0.3 is 0 Å². The van der Waals surface area contributed by atoms with Crippen LogP contribution in [0.15, 0.2) is 11.6 Å². The Morgan fingerprint density at radius 3 is 2.17 bits per heavy atom. The van der Waals surface area contributed by atoms with Gasteiger partial charge in [-0.25, -0.2) is 0 Å². The summed E-state index contributed by atoms with van der Waals surface area (Å²) in [5, 5.41) is 0. The maximum absolute atomic E-state index is 2.75. The van der Waals surface area contributed by atoms with E-state index in [4.69, 9.17) is 0 Å². The normalized spacial score (nSPS) is 50.2. The maximum Gasteiger partial charge on any atom is 0.0416 e. The second kappa shape index (κ2) is 3.26. The van der Waals surface area contributed by atoms with Gasteiger partial charge >= 0.3 is 0 Å². The van der Waals surface area contributed by atoms with E-state index in [-0.39, 0.29) is 7.61 Å². The van der Waals surface area contributed by atoms with Gasteiger partial charge in [0.15, 0.2) is 0 Å². The highest BCUT2D eigenvalue weighted by Crippen LogP contribution is 3.14. The Morgan fingerprint density at radius 2 is 1.72 bits per heavy atom. The summed E-state index contributed by atoms with van der Waals surface area (Å²) in [6.07, 6.45) is 4.28. The largest absolute Gasteiger partial charge is 0.0691 e. The second-order valence-corrected chi connectivity index (χ2v) is 15.7. The molecule has 4 heterocycles. The van der Waals surface area contributed by atoms with E-state index in [2.05, 4.69) is 61.5 Å². The fraction of sp³-hybridized carbons (Fsp3) is 0.875. The Hall–Kier alpha value is 0.600. The summed E-state index contributed by atoms with van der Waals surface area (Å²) < 4.78 is 0. The van der Waals surface area contributed by atoms with Crippen LogP contribution in [0, 0.1) is 16.2 Å². The lowest BCUT2D eigenvalue weighted by molar-refractivity contribution is 0.252. The van der Waals surface area contributed by atoms with Crippen molar-refractivity contribution in [2.45, 2.75) is 65.9 Å². The highest BCUT2D eigenvalue weighted by atomic mass is 32.1. The quantitative estimate of drug-likeness (QED) is 0.376. The van der Waals surface area contributed by atoms with E-state index in [0.29, 0.717) is 28.8 Å². The van der Waals surface area contributed by atoms with E-state index in [1.165, 1.54) is 6.16 Å². The molecular formula is C16H28P2. The van der Waals surface area contributed by atoms with Crippen LogP contribution in [0.2, 0.25) is 0 Å². The van der Waals surface area contributed by atoms with Crippen molar-refractivity contribution in [3.63, 3.8) is 0 Å². The first-order valence-corrected chi connectivity index (χ1v) is 10.9. The minimum absolute atomic E-state index is 0.277. The van der Waals surface area contributed by atoms with Gasteiger partial charge in [-0.05, 0) is 29.6 Å². The van der Waals surface area contributed by atoms with Crippen molar-refractivity contribution in [2.75, 3.05) is 6.16 Å². The van der Waals surface area contributed by atoms with Crippen molar-refractivity contribution < 1.29 is 0 Å². The molecule has 5 unspecified atom stereocenters. The molecule has 2 saturated heterocycles. The Bertz CT molecular complexity index is 437. The first-order valence-electron chi connectivity index (χ1n) is 7.23. The Morgan fingerprint density at radius 1 is 1.17 bits per heavy atom. The lowest BCUT2D eigenvalue weighted by Gasteiger charge is -2.51. The maximum atomic E-state index is 2.75. The Labute approximate surface area is 115 Å². The van der Waals surface area contributed by atoms with Crippen LogP contribution in [-0.4, -0.2) is 16.7 Å². The van der Waals surface area contributed by atoms with Crippen molar-refractivity contribution in [2.24, 2.45) is 16.2 Å². The number of rotatable bonds is 0. The third-order valence-corrected chi connectivity index (χ3v) is 16.9. The lowest BCUT2D eigenvalue weighted by atomic mass is 9.70. The van der Waals surface area contributed by atoms with E-state index >= 15 is 0 Å². The van der Waals surface area contributed by atoms with E-state index in [1.807, 2.05) is 0 Å². The molecule has 18 heavy (non-hydrogen) atoms. The lowest BCUT2D eigenvalue weighted by Crippen LogP contribution is -2.47. The summed E-state index contributed by atoms with van der Waals surface area (Å²) >= 11 is 0. The zero-order valence-electron chi connectivity index (χ0n) is 13.3. The molecule has 0 saturated carbocycles. The minimum atomic E-state index is 0.277. The summed E-state index contributed by atoms with van der Waals surface area (Å²) in [6.45, 7) is 19.9. The molecule has 2 fully saturated rings. The van der Waals surface area contributed by atoms with Gasteiger partial charge in [-0.15, -0.1) is 0 Å². The van der Waals surface area contributed by atoms with Crippen molar-refractivity contribution in [1.82, 2.24) is 0 Å². The first kappa shape index (κ1) is 13.6. The summed E-state index contributed by atoms with van der Waals surface area (Å²) in [5.74, 6) is 0. The van der Waals surface area contributed by atoms with Gasteiger partial charge in [-0.3, -0.25) is 0 Å². The molecule has 0 nitrogen and oxygen atoms in total. The summed E-state index contributed by atoms with van der Waals surface area (Å²) in [4.78, 5) is 0.650. The highest BCUT2D eigenvalue weighted by molar-refractivity contribution is 8.48. The average molecular weight is 282 g/mol. The highest BCUT2D eigenvalue weighted by Gasteiger charge is 2.80. The topological polar surface area (TPSA) is 0 Å². The predicted molar refractivity (Wildman–Crippen MR) is 86.0 cm³/mol.